The second-order valence-corrected chi connectivity index (χ2v) is 8.09. The predicted molar refractivity (Wildman–Crippen MR) is 111 cm³/mol. The Balaban J connectivity index is 1.55. The lowest BCUT2D eigenvalue weighted by molar-refractivity contribution is -0.119. The van der Waals surface area contributed by atoms with Crippen LogP contribution in [-0.2, 0) is 4.79 Å². The molecule has 7 heteroatoms. The maximum absolute atomic E-state index is 12.3. The van der Waals surface area contributed by atoms with E-state index < -0.39 is 0 Å². The van der Waals surface area contributed by atoms with E-state index in [1.54, 1.807) is 7.11 Å². The van der Waals surface area contributed by atoms with Crippen LogP contribution in [0.2, 0.25) is 0 Å². The molecule has 1 saturated carbocycles. The van der Waals surface area contributed by atoms with Gasteiger partial charge in [-0.1, -0.05) is 36.7 Å². The molecule has 146 valence electrons. The van der Waals surface area contributed by atoms with Crippen molar-refractivity contribution >= 4 is 23.3 Å². The monoisotopic (exact) mass is 396 g/mol. The number of ether oxygens (including phenoxy) is 1. The molecule has 1 N–H and O–H groups in total. The second-order valence-electron chi connectivity index (χ2n) is 7.10. The lowest BCUT2D eigenvalue weighted by Gasteiger charge is -2.12. The average molecular weight is 397 g/mol. The van der Waals surface area contributed by atoms with E-state index in [2.05, 4.69) is 15.4 Å². The molecule has 1 aliphatic carbocycles. The van der Waals surface area contributed by atoms with Gasteiger partial charge in [0.15, 0.2) is 5.65 Å². The van der Waals surface area contributed by atoms with Gasteiger partial charge in [0.05, 0.1) is 19.1 Å². The van der Waals surface area contributed by atoms with Crippen molar-refractivity contribution in [1.29, 1.82) is 0 Å². The number of rotatable bonds is 6. The minimum Gasteiger partial charge on any atom is -0.497 e. The lowest BCUT2D eigenvalue weighted by Crippen LogP contribution is -2.33. The Bertz CT molecular complexity index is 978. The van der Waals surface area contributed by atoms with Gasteiger partial charge in [0.2, 0.25) is 5.91 Å². The van der Waals surface area contributed by atoms with Gasteiger partial charge in [-0.05, 0) is 43.5 Å². The first kappa shape index (κ1) is 18.8. The zero-order valence-corrected chi connectivity index (χ0v) is 17.0. The average Bonchev–Trinajstić information content (AvgIpc) is 3.36. The van der Waals surface area contributed by atoms with Crippen molar-refractivity contribution in [1.82, 2.24) is 19.9 Å². The summed E-state index contributed by atoms with van der Waals surface area (Å²) in [5.74, 6) is 1.28. The molecule has 4 rings (SSSR count). The highest BCUT2D eigenvalue weighted by atomic mass is 32.2. The molecule has 28 heavy (non-hydrogen) atoms. The molecule has 1 fully saturated rings. The number of nitrogens with zero attached hydrogens (tertiary/aromatic N) is 3. The van der Waals surface area contributed by atoms with Crippen LogP contribution in [0.5, 0.6) is 5.75 Å². The van der Waals surface area contributed by atoms with Crippen LogP contribution in [0.4, 0.5) is 0 Å². The van der Waals surface area contributed by atoms with Crippen LogP contribution in [0, 0.1) is 6.92 Å². The largest absolute Gasteiger partial charge is 0.497 e. The fraction of sp³-hybridized carbons (Fsp3) is 0.381. The third-order valence-electron chi connectivity index (χ3n) is 5.04. The summed E-state index contributed by atoms with van der Waals surface area (Å²) in [5, 5.41) is 8.59. The second kappa shape index (κ2) is 8.22. The number of carbonyl (C=O) groups excluding carboxylic acids is 1. The molecule has 0 saturated heterocycles. The normalized spacial score (nSPS) is 14.5. The number of aryl methyl sites for hydroxylation is 1. The van der Waals surface area contributed by atoms with E-state index in [1.165, 1.54) is 24.6 Å². The van der Waals surface area contributed by atoms with Crippen molar-refractivity contribution in [2.75, 3.05) is 12.9 Å². The summed E-state index contributed by atoms with van der Waals surface area (Å²) >= 11 is 1.50. The van der Waals surface area contributed by atoms with Crippen molar-refractivity contribution in [3.8, 4) is 16.9 Å². The minimum atomic E-state index is 0.0852. The van der Waals surface area contributed by atoms with E-state index in [4.69, 9.17) is 4.74 Å². The highest BCUT2D eigenvalue weighted by molar-refractivity contribution is 7.99. The summed E-state index contributed by atoms with van der Waals surface area (Å²) in [6, 6.07) is 10.2. The van der Waals surface area contributed by atoms with E-state index in [9.17, 15) is 4.79 Å². The standard InChI is InChI=1S/C21H24N4O2S/c1-14-11-20(28-13-19(26)24-16-5-3-4-6-16)25-21(23-14)18(12-22-25)15-7-9-17(27-2)10-8-15/h7-12,16H,3-6,13H2,1-2H3,(H,24,26). The van der Waals surface area contributed by atoms with Gasteiger partial charge >= 0.3 is 0 Å². The molecule has 0 atom stereocenters. The Kier molecular flexibility index (Phi) is 5.52. The fourth-order valence-corrected chi connectivity index (χ4v) is 4.48. The molecule has 2 heterocycles. The smallest absolute Gasteiger partial charge is 0.230 e. The highest BCUT2D eigenvalue weighted by Crippen LogP contribution is 2.29. The van der Waals surface area contributed by atoms with Crippen LogP contribution in [0.1, 0.15) is 31.4 Å². The van der Waals surface area contributed by atoms with Crippen LogP contribution in [-0.4, -0.2) is 39.4 Å². The number of methoxy groups -OCH3 is 1. The Morgan fingerprint density at radius 1 is 1.29 bits per heavy atom. The summed E-state index contributed by atoms with van der Waals surface area (Å²) in [7, 11) is 1.65. The first-order valence-electron chi connectivity index (χ1n) is 9.56. The first-order valence-corrected chi connectivity index (χ1v) is 10.5. The van der Waals surface area contributed by atoms with Crippen LogP contribution in [0.25, 0.3) is 16.8 Å². The number of hydrogen-bond donors (Lipinski definition) is 1. The maximum atomic E-state index is 12.3. The lowest BCUT2D eigenvalue weighted by atomic mass is 10.1. The molecule has 0 bridgehead atoms. The van der Waals surface area contributed by atoms with Crippen molar-refractivity contribution in [3.05, 3.63) is 42.2 Å². The van der Waals surface area contributed by atoms with E-state index in [0.717, 1.165) is 46.1 Å². The number of hydrogen-bond acceptors (Lipinski definition) is 5. The number of fused-ring (bicyclic) bond motifs is 1. The van der Waals surface area contributed by atoms with Crippen molar-refractivity contribution in [3.63, 3.8) is 0 Å². The zero-order valence-electron chi connectivity index (χ0n) is 16.1. The Morgan fingerprint density at radius 3 is 2.75 bits per heavy atom. The number of amides is 1. The number of nitrogens with one attached hydrogen (secondary N) is 1. The van der Waals surface area contributed by atoms with Crippen molar-refractivity contribution in [2.45, 2.75) is 43.7 Å². The third kappa shape index (κ3) is 3.99. The minimum absolute atomic E-state index is 0.0852. The van der Waals surface area contributed by atoms with Gasteiger partial charge in [0, 0.05) is 17.3 Å². The molecule has 3 aromatic rings. The van der Waals surface area contributed by atoms with Gasteiger partial charge < -0.3 is 10.1 Å². The van der Waals surface area contributed by atoms with Crippen LogP contribution in [0.15, 0.2) is 41.6 Å². The molecule has 0 spiro atoms. The van der Waals surface area contributed by atoms with Gasteiger partial charge in [0.25, 0.3) is 0 Å². The summed E-state index contributed by atoms with van der Waals surface area (Å²) in [5.41, 5.74) is 3.69. The fourth-order valence-electron chi connectivity index (χ4n) is 3.61. The highest BCUT2D eigenvalue weighted by Gasteiger charge is 2.18. The predicted octanol–water partition coefficient (Wildman–Crippen LogP) is 3.86. The molecule has 1 amide bonds. The zero-order chi connectivity index (χ0) is 19.5. The quantitative estimate of drug-likeness (QED) is 0.506. The molecule has 0 aliphatic heterocycles. The number of benzene rings is 1. The maximum Gasteiger partial charge on any atom is 0.230 e. The number of carbonyl (C=O) groups is 1. The van der Waals surface area contributed by atoms with E-state index >= 15 is 0 Å². The van der Waals surface area contributed by atoms with Gasteiger partial charge in [0.1, 0.15) is 10.8 Å². The molecule has 1 aliphatic rings. The summed E-state index contributed by atoms with van der Waals surface area (Å²) in [4.78, 5) is 17.0. The molecule has 1 aromatic carbocycles. The van der Waals surface area contributed by atoms with Crippen LogP contribution < -0.4 is 10.1 Å². The first-order chi connectivity index (χ1) is 13.6. The number of thioether (sulfide) groups is 1. The van der Waals surface area contributed by atoms with Crippen LogP contribution >= 0.6 is 11.8 Å². The van der Waals surface area contributed by atoms with E-state index in [-0.39, 0.29) is 5.91 Å². The van der Waals surface area contributed by atoms with Gasteiger partial charge in [-0.25, -0.2) is 9.50 Å². The number of aromatic nitrogens is 3. The van der Waals surface area contributed by atoms with Gasteiger partial charge in [-0.2, -0.15) is 5.10 Å². The SMILES string of the molecule is COc1ccc(-c2cnn3c(SCC(=O)NC4CCCC4)cc(C)nc23)cc1. The molecule has 0 radical (unpaired) electrons. The summed E-state index contributed by atoms with van der Waals surface area (Å²) in [6.45, 7) is 1.97. The van der Waals surface area contributed by atoms with E-state index in [0.29, 0.717) is 11.8 Å². The Labute approximate surface area is 168 Å². The van der Waals surface area contributed by atoms with Crippen molar-refractivity contribution in [2.24, 2.45) is 0 Å². The van der Waals surface area contributed by atoms with Crippen LogP contribution in [0.3, 0.4) is 0 Å². The van der Waals surface area contributed by atoms with E-state index in [1.807, 2.05) is 48.0 Å². The molecular weight excluding hydrogens is 372 g/mol. The Hall–Kier alpha value is -2.54. The molecule has 2 aromatic heterocycles. The Morgan fingerprint density at radius 2 is 2.04 bits per heavy atom. The molecule has 6 nitrogen and oxygen atoms in total. The third-order valence-corrected chi connectivity index (χ3v) is 6.03. The van der Waals surface area contributed by atoms with Gasteiger partial charge in [-0.15, -0.1) is 0 Å². The molecule has 0 unspecified atom stereocenters. The van der Waals surface area contributed by atoms with Gasteiger partial charge in [-0.3, -0.25) is 4.79 Å². The molecular formula is C21H24N4O2S. The summed E-state index contributed by atoms with van der Waals surface area (Å²) in [6.07, 6.45) is 6.44. The topological polar surface area (TPSA) is 68.5 Å². The summed E-state index contributed by atoms with van der Waals surface area (Å²) < 4.78 is 7.06. The van der Waals surface area contributed by atoms with Crippen molar-refractivity contribution < 1.29 is 9.53 Å².